The zero-order valence-corrected chi connectivity index (χ0v) is 11.2. The molecule has 1 heterocycles. The van der Waals surface area contributed by atoms with E-state index in [-0.39, 0.29) is 0 Å². The summed E-state index contributed by atoms with van der Waals surface area (Å²) >= 11 is 0. The van der Waals surface area contributed by atoms with E-state index in [1.807, 2.05) is 12.1 Å². The average molecular weight is 250 g/mol. The van der Waals surface area contributed by atoms with Gasteiger partial charge in [-0.25, -0.2) is 0 Å². The van der Waals surface area contributed by atoms with Gasteiger partial charge in [0.05, 0.1) is 19.8 Å². The minimum absolute atomic E-state index is 0.366. The van der Waals surface area contributed by atoms with Crippen molar-refractivity contribution < 1.29 is 9.47 Å². The van der Waals surface area contributed by atoms with Crippen LogP contribution in [0.1, 0.15) is 11.6 Å². The molecular formula is C14H22N2O2. The fourth-order valence-electron chi connectivity index (χ4n) is 2.47. The summed E-state index contributed by atoms with van der Waals surface area (Å²) in [6.45, 7) is 4.78. The summed E-state index contributed by atoms with van der Waals surface area (Å²) in [6, 6.07) is 8.62. The lowest BCUT2D eigenvalue weighted by molar-refractivity contribution is 0.102. The highest BCUT2D eigenvalue weighted by Crippen LogP contribution is 2.29. The molecule has 0 aromatic heterocycles. The van der Waals surface area contributed by atoms with E-state index in [4.69, 9.17) is 9.47 Å². The van der Waals surface area contributed by atoms with Crippen molar-refractivity contribution in [2.45, 2.75) is 6.04 Å². The lowest BCUT2D eigenvalue weighted by Crippen LogP contribution is -2.47. The SMILES string of the molecule is COCCN1CCNCC1c1ccccc1OC. The van der Waals surface area contributed by atoms with E-state index in [9.17, 15) is 0 Å². The van der Waals surface area contributed by atoms with Crippen molar-refractivity contribution in [3.05, 3.63) is 29.8 Å². The largest absolute Gasteiger partial charge is 0.496 e. The standard InChI is InChI=1S/C14H22N2O2/c1-17-10-9-16-8-7-15-11-13(16)12-5-3-4-6-14(12)18-2/h3-6,13,15H,7-11H2,1-2H3. The number of nitrogens with zero attached hydrogens (tertiary/aromatic N) is 1. The predicted molar refractivity (Wildman–Crippen MR) is 72.1 cm³/mol. The Balaban J connectivity index is 2.16. The summed E-state index contributed by atoms with van der Waals surface area (Å²) in [7, 11) is 3.48. The summed E-state index contributed by atoms with van der Waals surface area (Å²) in [5.41, 5.74) is 1.25. The van der Waals surface area contributed by atoms with Crippen molar-refractivity contribution in [2.75, 3.05) is 47.0 Å². The number of nitrogens with one attached hydrogen (secondary N) is 1. The van der Waals surface area contributed by atoms with Gasteiger partial charge in [0.2, 0.25) is 0 Å². The van der Waals surface area contributed by atoms with E-state index in [1.54, 1.807) is 14.2 Å². The molecular weight excluding hydrogens is 228 g/mol. The summed E-state index contributed by atoms with van der Waals surface area (Å²) in [5.74, 6) is 0.966. The minimum atomic E-state index is 0.366. The van der Waals surface area contributed by atoms with Crippen molar-refractivity contribution >= 4 is 0 Å². The molecule has 0 radical (unpaired) electrons. The summed E-state index contributed by atoms with van der Waals surface area (Å²) < 4.78 is 10.7. The number of methoxy groups -OCH3 is 2. The first-order chi connectivity index (χ1) is 8.86. The van der Waals surface area contributed by atoms with Crippen molar-refractivity contribution in [3.63, 3.8) is 0 Å². The van der Waals surface area contributed by atoms with Crippen LogP contribution in [0.3, 0.4) is 0 Å². The first-order valence-electron chi connectivity index (χ1n) is 6.43. The van der Waals surface area contributed by atoms with E-state index < -0.39 is 0 Å². The molecule has 1 aromatic carbocycles. The van der Waals surface area contributed by atoms with Crippen LogP contribution in [-0.4, -0.2) is 51.9 Å². The van der Waals surface area contributed by atoms with Gasteiger partial charge in [0.25, 0.3) is 0 Å². The van der Waals surface area contributed by atoms with Gasteiger partial charge in [-0.1, -0.05) is 18.2 Å². The highest BCUT2D eigenvalue weighted by atomic mass is 16.5. The molecule has 0 bridgehead atoms. The van der Waals surface area contributed by atoms with Crippen LogP contribution in [0, 0.1) is 0 Å². The van der Waals surface area contributed by atoms with Gasteiger partial charge in [-0.15, -0.1) is 0 Å². The number of hydrogen-bond acceptors (Lipinski definition) is 4. The van der Waals surface area contributed by atoms with Gasteiger partial charge in [0.15, 0.2) is 0 Å². The van der Waals surface area contributed by atoms with Crippen LogP contribution in [0.2, 0.25) is 0 Å². The van der Waals surface area contributed by atoms with E-state index in [1.165, 1.54) is 5.56 Å². The third-order valence-electron chi connectivity index (χ3n) is 3.43. The Labute approximate surface area is 109 Å². The highest BCUT2D eigenvalue weighted by molar-refractivity contribution is 5.36. The minimum Gasteiger partial charge on any atom is -0.496 e. The Hall–Kier alpha value is -1.10. The number of piperazine rings is 1. The molecule has 1 atom stereocenters. The summed E-state index contributed by atoms with van der Waals surface area (Å²) in [4.78, 5) is 2.46. The molecule has 1 aliphatic heterocycles. The van der Waals surface area contributed by atoms with E-state index in [0.29, 0.717) is 6.04 Å². The maximum atomic E-state index is 5.47. The zero-order valence-electron chi connectivity index (χ0n) is 11.2. The molecule has 1 fully saturated rings. The maximum Gasteiger partial charge on any atom is 0.123 e. The second-order valence-corrected chi connectivity index (χ2v) is 4.49. The summed E-state index contributed by atoms with van der Waals surface area (Å²) in [5, 5.41) is 3.45. The Kier molecular flexibility index (Phi) is 4.99. The second kappa shape index (κ2) is 6.73. The van der Waals surface area contributed by atoms with E-state index in [0.717, 1.165) is 38.5 Å². The predicted octanol–water partition coefficient (Wildman–Crippen LogP) is 1.29. The number of para-hydroxylation sites is 1. The molecule has 100 valence electrons. The molecule has 1 saturated heterocycles. The Bertz CT molecular complexity index is 371. The van der Waals surface area contributed by atoms with Crippen molar-refractivity contribution in [1.29, 1.82) is 0 Å². The molecule has 4 nitrogen and oxygen atoms in total. The van der Waals surface area contributed by atoms with Gasteiger partial charge in [0, 0.05) is 38.9 Å². The Morgan fingerprint density at radius 2 is 2.17 bits per heavy atom. The molecule has 1 aromatic rings. The Morgan fingerprint density at radius 1 is 1.33 bits per heavy atom. The Morgan fingerprint density at radius 3 is 2.94 bits per heavy atom. The monoisotopic (exact) mass is 250 g/mol. The van der Waals surface area contributed by atoms with Crippen LogP contribution >= 0.6 is 0 Å². The van der Waals surface area contributed by atoms with Crippen LogP contribution < -0.4 is 10.1 Å². The van der Waals surface area contributed by atoms with Gasteiger partial charge in [-0.2, -0.15) is 0 Å². The van der Waals surface area contributed by atoms with Crippen LogP contribution in [0.5, 0.6) is 5.75 Å². The third kappa shape index (κ3) is 3.02. The topological polar surface area (TPSA) is 33.7 Å². The van der Waals surface area contributed by atoms with Gasteiger partial charge >= 0.3 is 0 Å². The highest BCUT2D eigenvalue weighted by Gasteiger charge is 2.25. The molecule has 1 unspecified atom stereocenters. The van der Waals surface area contributed by atoms with Gasteiger partial charge in [-0.05, 0) is 6.07 Å². The van der Waals surface area contributed by atoms with Crippen molar-refractivity contribution in [2.24, 2.45) is 0 Å². The third-order valence-corrected chi connectivity index (χ3v) is 3.43. The molecule has 0 spiro atoms. The zero-order chi connectivity index (χ0) is 12.8. The van der Waals surface area contributed by atoms with Crippen LogP contribution in [0.15, 0.2) is 24.3 Å². The maximum absolute atomic E-state index is 5.47. The molecule has 0 amide bonds. The van der Waals surface area contributed by atoms with E-state index >= 15 is 0 Å². The van der Waals surface area contributed by atoms with Crippen molar-refractivity contribution in [1.82, 2.24) is 10.2 Å². The molecule has 18 heavy (non-hydrogen) atoms. The normalized spacial score (nSPS) is 20.9. The van der Waals surface area contributed by atoms with Crippen LogP contribution in [-0.2, 0) is 4.74 Å². The fraction of sp³-hybridized carbons (Fsp3) is 0.571. The molecule has 0 aliphatic carbocycles. The lowest BCUT2D eigenvalue weighted by atomic mass is 10.0. The number of ether oxygens (including phenoxy) is 2. The lowest BCUT2D eigenvalue weighted by Gasteiger charge is -2.36. The van der Waals surface area contributed by atoms with Gasteiger partial charge < -0.3 is 14.8 Å². The average Bonchev–Trinajstić information content (AvgIpc) is 2.45. The van der Waals surface area contributed by atoms with Gasteiger partial charge in [0.1, 0.15) is 5.75 Å². The van der Waals surface area contributed by atoms with Gasteiger partial charge in [-0.3, -0.25) is 4.90 Å². The number of hydrogen-bond donors (Lipinski definition) is 1. The molecule has 1 N–H and O–H groups in total. The molecule has 0 saturated carbocycles. The number of rotatable bonds is 5. The van der Waals surface area contributed by atoms with Crippen LogP contribution in [0.25, 0.3) is 0 Å². The molecule has 4 heteroatoms. The smallest absolute Gasteiger partial charge is 0.123 e. The quantitative estimate of drug-likeness (QED) is 0.854. The first-order valence-corrected chi connectivity index (χ1v) is 6.43. The van der Waals surface area contributed by atoms with Crippen LogP contribution in [0.4, 0.5) is 0 Å². The number of benzene rings is 1. The van der Waals surface area contributed by atoms with Crippen molar-refractivity contribution in [3.8, 4) is 5.75 Å². The summed E-state index contributed by atoms with van der Waals surface area (Å²) in [6.07, 6.45) is 0. The first kappa shape index (κ1) is 13.3. The molecule has 1 aliphatic rings. The van der Waals surface area contributed by atoms with E-state index in [2.05, 4.69) is 22.3 Å². The molecule has 2 rings (SSSR count). The second-order valence-electron chi connectivity index (χ2n) is 4.49. The fourth-order valence-corrected chi connectivity index (χ4v) is 2.47.